The summed E-state index contributed by atoms with van der Waals surface area (Å²) < 4.78 is 85.6. The van der Waals surface area contributed by atoms with Gasteiger partial charge in [-0.2, -0.15) is 26.3 Å². The highest BCUT2D eigenvalue weighted by atomic mass is 32.1. The van der Waals surface area contributed by atoms with Gasteiger partial charge >= 0.3 is 18.3 Å². The van der Waals surface area contributed by atoms with Crippen LogP contribution in [-0.2, 0) is 37.9 Å². The molecule has 2 amide bonds. The molecule has 2 aromatic carbocycles. The first-order valence-corrected chi connectivity index (χ1v) is 15.2. The molecule has 0 unspecified atom stereocenters. The third-order valence-corrected chi connectivity index (χ3v) is 8.60. The number of H-pyrrole nitrogens is 1. The number of methoxy groups -OCH3 is 1. The number of para-hydroxylation sites is 1. The number of esters is 1. The third-order valence-electron chi connectivity index (χ3n) is 8.38. The first-order valence-electron chi connectivity index (χ1n) is 14.8. The minimum atomic E-state index is -5.07. The fourth-order valence-corrected chi connectivity index (χ4v) is 6.42. The second-order valence-electron chi connectivity index (χ2n) is 11.4. The second kappa shape index (κ2) is 13.4. The summed E-state index contributed by atoms with van der Waals surface area (Å²) in [5.74, 6) is -1.51. The number of hydrogen-bond acceptors (Lipinski definition) is 5. The Morgan fingerprint density at radius 3 is 2.21 bits per heavy atom. The van der Waals surface area contributed by atoms with Crippen molar-refractivity contribution in [1.29, 1.82) is 0 Å². The molecule has 0 bridgehead atoms. The molecule has 0 radical (unpaired) electrons. The number of nitrogens with one attached hydrogen (secondary N) is 3. The van der Waals surface area contributed by atoms with Crippen molar-refractivity contribution in [1.82, 2.24) is 20.1 Å². The number of carbonyl (C=O) groups is 3. The topological polar surface area (TPSA) is 107 Å². The van der Waals surface area contributed by atoms with Crippen LogP contribution in [0.15, 0.2) is 48.7 Å². The van der Waals surface area contributed by atoms with Crippen LogP contribution in [-0.4, -0.2) is 76.0 Å². The zero-order valence-electron chi connectivity index (χ0n) is 25.0. The molecule has 9 nitrogen and oxygen atoms in total. The monoisotopic (exact) mass is 683 g/mol. The largest absolute Gasteiger partial charge is 0.467 e. The molecule has 47 heavy (non-hydrogen) atoms. The van der Waals surface area contributed by atoms with Gasteiger partial charge < -0.3 is 30.2 Å². The zero-order chi connectivity index (χ0) is 34.1. The average Bonchev–Trinajstić information content (AvgIpc) is 3.79. The van der Waals surface area contributed by atoms with Crippen molar-refractivity contribution in [3.05, 3.63) is 65.4 Å². The van der Waals surface area contributed by atoms with Gasteiger partial charge in [0.2, 0.25) is 11.8 Å². The number of benzene rings is 2. The minimum absolute atomic E-state index is 0.000647. The summed E-state index contributed by atoms with van der Waals surface area (Å²) in [5, 5.41) is 5.54. The van der Waals surface area contributed by atoms with Crippen LogP contribution < -0.4 is 10.6 Å². The van der Waals surface area contributed by atoms with Crippen LogP contribution in [0.1, 0.15) is 42.4 Å². The molecule has 0 spiro atoms. The van der Waals surface area contributed by atoms with Crippen LogP contribution in [0.2, 0.25) is 0 Å². The lowest BCUT2D eigenvalue weighted by Crippen LogP contribution is -2.56. The summed E-state index contributed by atoms with van der Waals surface area (Å²) in [7, 11) is 1.23. The van der Waals surface area contributed by atoms with Gasteiger partial charge in [0.15, 0.2) is 5.11 Å². The standard InChI is InChI=1S/C31H31F6N5O4S/c1-46-28(45)25-9-5-11-42(25)27(44)24-8-4-10-41(24)26(43)23(12-17-16-38-22-7-3-2-6-21(17)22)40-29(47)39-20-14-18(30(32,33)34)13-19(15-20)31(35,36)37/h2-3,6-7,13-16,23-25,38H,4-5,8-12H2,1H3,(H2,39,40,47)/t23-,24+,25+/m1/s1. The number of thiocarbonyl (C=S) groups is 1. The normalized spacial score (nSPS) is 19.1. The smallest absolute Gasteiger partial charge is 0.416 e. The van der Waals surface area contributed by atoms with Crippen LogP contribution in [0.4, 0.5) is 32.0 Å². The maximum atomic E-state index is 14.2. The number of hydrogen-bond donors (Lipinski definition) is 3. The highest BCUT2D eigenvalue weighted by molar-refractivity contribution is 7.80. The molecular weight excluding hydrogens is 652 g/mol. The average molecular weight is 684 g/mol. The third kappa shape index (κ3) is 7.47. The van der Waals surface area contributed by atoms with Gasteiger partial charge in [0.1, 0.15) is 18.1 Å². The van der Waals surface area contributed by atoms with Gasteiger partial charge in [0.25, 0.3) is 0 Å². The number of likely N-dealkylation sites (tertiary alicyclic amines) is 2. The van der Waals surface area contributed by atoms with E-state index in [1.165, 1.54) is 16.9 Å². The summed E-state index contributed by atoms with van der Waals surface area (Å²) in [4.78, 5) is 46.1. The molecule has 2 fully saturated rings. The van der Waals surface area contributed by atoms with Crippen LogP contribution in [0.25, 0.3) is 10.9 Å². The molecule has 3 atom stereocenters. The van der Waals surface area contributed by atoms with Gasteiger partial charge in [-0.05, 0) is 67.7 Å². The molecule has 252 valence electrons. The van der Waals surface area contributed by atoms with Gasteiger partial charge in [-0.15, -0.1) is 0 Å². The zero-order valence-corrected chi connectivity index (χ0v) is 25.8. The molecule has 3 heterocycles. The number of anilines is 1. The summed E-state index contributed by atoms with van der Waals surface area (Å²) in [5.41, 5.74) is -2.19. The van der Waals surface area contributed by atoms with Crippen molar-refractivity contribution in [3.63, 3.8) is 0 Å². The Balaban J connectivity index is 1.42. The number of aromatic amines is 1. The van der Waals surface area contributed by atoms with E-state index in [1.54, 1.807) is 12.3 Å². The van der Waals surface area contributed by atoms with Crippen molar-refractivity contribution < 1.29 is 45.5 Å². The van der Waals surface area contributed by atoms with Crippen LogP contribution in [0.5, 0.6) is 0 Å². The number of carbonyl (C=O) groups excluding carboxylic acids is 3. The van der Waals surface area contributed by atoms with Gasteiger partial charge in [0, 0.05) is 42.3 Å². The van der Waals surface area contributed by atoms with Crippen molar-refractivity contribution in [3.8, 4) is 0 Å². The van der Waals surface area contributed by atoms with Gasteiger partial charge in [0.05, 0.1) is 18.2 Å². The lowest BCUT2D eigenvalue weighted by atomic mass is 10.0. The number of amides is 2. The Bertz CT molecular complexity index is 1640. The predicted molar refractivity (Wildman–Crippen MR) is 163 cm³/mol. The Labute approximate surface area is 270 Å². The lowest BCUT2D eigenvalue weighted by Gasteiger charge is -2.33. The molecule has 1 aromatic heterocycles. The van der Waals surface area contributed by atoms with E-state index >= 15 is 0 Å². The van der Waals surface area contributed by atoms with E-state index in [2.05, 4.69) is 15.6 Å². The molecular formula is C31H31F6N5O4S. The van der Waals surface area contributed by atoms with Crippen molar-refractivity contribution in [2.75, 3.05) is 25.5 Å². The molecule has 0 saturated carbocycles. The Kier molecular flexibility index (Phi) is 9.70. The fourth-order valence-electron chi connectivity index (χ4n) is 6.16. The Hall–Kier alpha value is -4.34. The van der Waals surface area contributed by atoms with Crippen LogP contribution in [0, 0.1) is 0 Å². The molecule has 5 rings (SSSR count). The van der Waals surface area contributed by atoms with E-state index in [0.717, 1.165) is 10.9 Å². The Morgan fingerprint density at radius 1 is 0.957 bits per heavy atom. The van der Waals surface area contributed by atoms with E-state index in [1.807, 2.05) is 18.2 Å². The van der Waals surface area contributed by atoms with Gasteiger partial charge in [-0.1, -0.05) is 18.2 Å². The number of halogens is 6. The first-order chi connectivity index (χ1) is 22.2. The highest BCUT2D eigenvalue weighted by Crippen LogP contribution is 2.37. The van der Waals surface area contributed by atoms with Crippen molar-refractivity contribution in [2.45, 2.75) is 62.6 Å². The van der Waals surface area contributed by atoms with Crippen LogP contribution in [0.3, 0.4) is 0 Å². The number of nitrogens with zero attached hydrogens (tertiary/aromatic N) is 2. The van der Waals surface area contributed by atoms with E-state index in [0.29, 0.717) is 49.9 Å². The van der Waals surface area contributed by atoms with Crippen LogP contribution >= 0.6 is 12.2 Å². The maximum absolute atomic E-state index is 14.2. The van der Waals surface area contributed by atoms with E-state index in [9.17, 15) is 40.7 Å². The van der Waals surface area contributed by atoms with E-state index < -0.39 is 70.2 Å². The summed E-state index contributed by atoms with van der Waals surface area (Å²) in [6.07, 6.45) is -6.61. The summed E-state index contributed by atoms with van der Waals surface area (Å²) in [6.45, 7) is 0.528. The molecule has 3 N–H and O–H groups in total. The van der Waals surface area contributed by atoms with Crippen molar-refractivity contribution >= 4 is 51.7 Å². The number of rotatable bonds is 7. The van der Waals surface area contributed by atoms with E-state index in [-0.39, 0.29) is 19.0 Å². The molecule has 2 aliphatic heterocycles. The van der Waals surface area contributed by atoms with Crippen molar-refractivity contribution in [2.24, 2.45) is 0 Å². The maximum Gasteiger partial charge on any atom is 0.416 e. The highest BCUT2D eigenvalue weighted by Gasteiger charge is 2.44. The molecule has 2 aliphatic rings. The second-order valence-corrected chi connectivity index (χ2v) is 11.8. The fraction of sp³-hybridized carbons (Fsp3) is 0.419. The quantitative estimate of drug-likeness (QED) is 0.177. The summed E-state index contributed by atoms with van der Waals surface area (Å²) in [6, 6.07) is 5.40. The van der Waals surface area contributed by atoms with Gasteiger partial charge in [-0.3, -0.25) is 9.59 Å². The first kappa shape index (κ1) is 34.0. The number of ether oxygens (including phenoxy) is 1. The molecule has 2 saturated heterocycles. The minimum Gasteiger partial charge on any atom is -0.467 e. The number of fused-ring (bicyclic) bond motifs is 1. The number of alkyl halides is 6. The molecule has 16 heteroatoms. The predicted octanol–water partition coefficient (Wildman–Crippen LogP) is 5.26. The van der Waals surface area contributed by atoms with Gasteiger partial charge in [-0.25, -0.2) is 4.79 Å². The molecule has 0 aliphatic carbocycles. The number of aromatic nitrogens is 1. The lowest BCUT2D eigenvalue weighted by molar-refractivity contribution is -0.154. The Morgan fingerprint density at radius 2 is 1.57 bits per heavy atom. The summed E-state index contributed by atoms with van der Waals surface area (Å²) >= 11 is 5.31. The van der Waals surface area contributed by atoms with E-state index in [4.69, 9.17) is 17.0 Å². The molecule has 3 aromatic rings. The SMILES string of the molecule is COC(=O)[C@@H]1CCCN1C(=O)[C@@H]1CCCN1C(=O)[C@@H](Cc1c[nH]c2ccccc12)NC(=S)Nc1cc(C(F)(F)F)cc(C(F)(F)F)c1.